The summed E-state index contributed by atoms with van der Waals surface area (Å²) in [5.41, 5.74) is 2.49. The summed E-state index contributed by atoms with van der Waals surface area (Å²) in [4.78, 5) is 10.6. The number of nitro benzene ring substituents is 1. The maximum Gasteiger partial charge on any atom is 0.272 e. The number of thiophene rings is 1. The van der Waals surface area contributed by atoms with Crippen molar-refractivity contribution in [1.29, 1.82) is 0 Å². The fourth-order valence-corrected chi connectivity index (χ4v) is 2.79. The standard InChI is InChI=1S/C15H18N2O3S/c1-10-3-4-12(7-14(10)17(19)20)11(2)16-8-15(18)13-5-6-21-9-13/h3-7,9,11,15-16,18H,8H2,1-2H3. The molecule has 1 aromatic carbocycles. The average Bonchev–Trinajstić information content (AvgIpc) is 2.98. The van der Waals surface area contributed by atoms with E-state index < -0.39 is 6.10 Å². The number of hydrogen-bond acceptors (Lipinski definition) is 5. The quantitative estimate of drug-likeness (QED) is 0.634. The van der Waals surface area contributed by atoms with Crippen LogP contribution in [0.2, 0.25) is 0 Å². The summed E-state index contributed by atoms with van der Waals surface area (Å²) in [6.45, 7) is 4.05. The molecule has 0 amide bonds. The topological polar surface area (TPSA) is 75.4 Å². The molecule has 1 aromatic heterocycles. The third kappa shape index (κ3) is 3.87. The number of nitrogens with zero attached hydrogens (tertiary/aromatic N) is 1. The van der Waals surface area contributed by atoms with Gasteiger partial charge in [0.15, 0.2) is 0 Å². The number of nitrogens with one attached hydrogen (secondary N) is 1. The van der Waals surface area contributed by atoms with E-state index in [2.05, 4.69) is 5.32 Å². The number of hydrogen-bond donors (Lipinski definition) is 2. The second-order valence-electron chi connectivity index (χ2n) is 5.01. The zero-order chi connectivity index (χ0) is 15.4. The third-order valence-electron chi connectivity index (χ3n) is 3.48. The van der Waals surface area contributed by atoms with Crippen molar-refractivity contribution in [3.63, 3.8) is 0 Å². The Kier molecular flexibility index (Phi) is 5.06. The molecule has 1 heterocycles. The van der Waals surface area contributed by atoms with E-state index in [-0.39, 0.29) is 16.7 Å². The van der Waals surface area contributed by atoms with E-state index in [4.69, 9.17) is 0 Å². The minimum absolute atomic E-state index is 0.0717. The Labute approximate surface area is 127 Å². The molecule has 2 N–H and O–H groups in total. The molecule has 2 rings (SSSR count). The number of benzene rings is 1. The zero-order valence-corrected chi connectivity index (χ0v) is 12.8. The van der Waals surface area contributed by atoms with Gasteiger partial charge in [0.25, 0.3) is 5.69 Å². The van der Waals surface area contributed by atoms with Gasteiger partial charge < -0.3 is 10.4 Å². The Bertz CT molecular complexity index is 613. The molecule has 0 aliphatic carbocycles. The van der Waals surface area contributed by atoms with Gasteiger partial charge in [0, 0.05) is 24.2 Å². The highest BCUT2D eigenvalue weighted by Gasteiger charge is 2.15. The van der Waals surface area contributed by atoms with Crippen molar-refractivity contribution in [3.05, 3.63) is 61.8 Å². The van der Waals surface area contributed by atoms with Crippen molar-refractivity contribution in [2.75, 3.05) is 6.54 Å². The van der Waals surface area contributed by atoms with Gasteiger partial charge in [-0.05, 0) is 41.8 Å². The molecule has 5 nitrogen and oxygen atoms in total. The zero-order valence-electron chi connectivity index (χ0n) is 11.9. The lowest BCUT2D eigenvalue weighted by molar-refractivity contribution is -0.385. The van der Waals surface area contributed by atoms with Gasteiger partial charge in [-0.2, -0.15) is 11.3 Å². The lowest BCUT2D eigenvalue weighted by Crippen LogP contribution is -2.24. The van der Waals surface area contributed by atoms with Gasteiger partial charge in [-0.3, -0.25) is 10.1 Å². The average molecular weight is 306 g/mol. The Morgan fingerprint density at radius 3 is 2.76 bits per heavy atom. The minimum atomic E-state index is -0.570. The van der Waals surface area contributed by atoms with E-state index in [9.17, 15) is 15.2 Å². The summed E-state index contributed by atoms with van der Waals surface area (Å²) in [5, 5.41) is 28.0. The second kappa shape index (κ2) is 6.80. The van der Waals surface area contributed by atoms with Gasteiger partial charge in [-0.15, -0.1) is 0 Å². The number of nitro groups is 1. The molecule has 0 spiro atoms. The van der Waals surface area contributed by atoms with Crippen molar-refractivity contribution in [1.82, 2.24) is 5.32 Å². The first-order valence-corrected chi connectivity index (χ1v) is 7.62. The Morgan fingerprint density at radius 1 is 1.38 bits per heavy atom. The molecule has 21 heavy (non-hydrogen) atoms. The highest BCUT2D eigenvalue weighted by atomic mass is 32.1. The molecule has 0 saturated carbocycles. The van der Waals surface area contributed by atoms with Crippen LogP contribution in [0.3, 0.4) is 0 Å². The molecule has 0 fully saturated rings. The molecule has 2 aromatic rings. The summed E-state index contributed by atoms with van der Waals surface area (Å²) >= 11 is 1.54. The second-order valence-corrected chi connectivity index (χ2v) is 5.79. The number of rotatable bonds is 6. The molecule has 0 aliphatic rings. The molecule has 0 radical (unpaired) electrons. The van der Waals surface area contributed by atoms with Crippen LogP contribution in [0, 0.1) is 17.0 Å². The lowest BCUT2D eigenvalue weighted by atomic mass is 10.0. The van der Waals surface area contributed by atoms with Crippen LogP contribution in [0.1, 0.15) is 35.8 Å². The summed E-state index contributed by atoms with van der Waals surface area (Å²) < 4.78 is 0. The molecule has 0 saturated heterocycles. The van der Waals surface area contributed by atoms with Gasteiger partial charge in [0.05, 0.1) is 11.0 Å². The fraction of sp³-hybridized carbons (Fsp3) is 0.333. The number of aryl methyl sites for hydroxylation is 1. The predicted octanol–water partition coefficient (Wildman–Crippen LogP) is 3.35. The first-order chi connectivity index (χ1) is 9.99. The van der Waals surface area contributed by atoms with E-state index in [0.717, 1.165) is 11.1 Å². The third-order valence-corrected chi connectivity index (χ3v) is 4.18. The largest absolute Gasteiger partial charge is 0.387 e. The van der Waals surface area contributed by atoms with Gasteiger partial charge >= 0.3 is 0 Å². The molecule has 112 valence electrons. The van der Waals surface area contributed by atoms with Gasteiger partial charge in [-0.1, -0.05) is 12.1 Å². The Morgan fingerprint density at radius 2 is 2.14 bits per heavy atom. The van der Waals surface area contributed by atoms with Gasteiger partial charge in [-0.25, -0.2) is 0 Å². The van der Waals surface area contributed by atoms with E-state index in [1.807, 2.05) is 29.8 Å². The first-order valence-electron chi connectivity index (χ1n) is 6.67. The highest BCUT2D eigenvalue weighted by Crippen LogP contribution is 2.24. The van der Waals surface area contributed by atoms with Crippen LogP contribution in [0.25, 0.3) is 0 Å². The lowest BCUT2D eigenvalue weighted by Gasteiger charge is -2.17. The number of aliphatic hydroxyl groups is 1. The minimum Gasteiger partial charge on any atom is -0.387 e. The summed E-state index contributed by atoms with van der Waals surface area (Å²) in [7, 11) is 0. The van der Waals surface area contributed by atoms with Crippen molar-refractivity contribution >= 4 is 17.0 Å². The predicted molar refractivity (Wildman–Crippen MR) is 83.5 cm³/mol. The molecule has 2 unspecified atom stereocenters. The van der Waals surface area contributed by atoms with E-state index in [1.54, 1.807) is 30.4 Å². The molecule has 0 aliphatic heterocycles. The van der Waals surface area contributed by atoms with E-state index in [1.165, 1.54) is 0 Å². The van der Waals surface area contributed by atoms with Crippen molar-refractivity contribution in [2.45, 2.75) is 26.0 Å². The maximum atomic E-state index is 11.0. The van der Waals surface area contributed by atoms with Crippen molar-refractivity contribution in [2.24, 2.45) is 0 Å². The Hall–Kier alpha value is -1.76. The van der Waals surface area contributed by atoms with Crippen LogP contribution in [0.4, 0.5) is 5.69 Å². The SMILES string of the molecule is Cc1ccc(C(C)NCC(O)c2ccsc2)cc1[N+](=O)[O-]. The normalized spacial score (nSPS) is 13.9. The van der Waals surface area contributed by atoms with Gasteiger partial charge in [0.1, 0.15) is 0 Å². The molecular formula is C15H18N2O3S. The van der Waals surface area contributed by atoms with E-state index >= 15 is 0 Å². The van der Waals surface area contributed by atoms with Gasteiger partial charge in [0.2, 0.25) is 0 Å². The fourth-order valence-electron chi connectivity index (χ4n) is 2.08. The number of aliphatic hydroxyl groups excluding tert-OH is 1. The summed E-state index contributed by atoms with van der Waals surface area (Å²) in [5.74, 6) is 0. The van der Waals surface area contributed by atoms with Crippen LogP contribution in [0.15, 0.2) is 35.0 Å². The molecule has 0 bridgehead atoms. The van der Waals surface area contributed by atoms with Crippen LogP contribution >= 0.6 is 11.3 Å². The summed E-state index contributed by atoms with van der Waals surface area (Å²) in [6.07, 6.45) is -0.570. The Balaban J connectivity index is 2.02. The van der Waals surface area contributed by atoms with Crippen LogP contribution in [0.5, 0.6) is 0 Å². The van der Waals surface area contributed by atoms with Crippen molar-refractivity contribution in [3.8, 4) is 0 Å². The smallest absolute Gasteiger partial charge is 0.272 e. The monoisotopic (exact) mass is 306 g/mol. The first kappa shape index (κ1) is 15.6. The van der Waals surface area contributed by atoms with Crippen LogP contribution in [-0.2, 0) is 0 Å². The van der Waals surface area contributed by atoms with E-state index in [0.29, 0.717) is 12.1 Å². The van der Waals surface area contributed by atoms with Crippen molar-refractivity contribution < 1.29 is 10.0 Å². The van der Waals surface area contributed by atoms with Crippen LogP contribution < -0.4 is 5.32 Å². The summed E-state index contributed by atoms with van der Waals surface area (Å²) in [6, 6.07) is 7.03. The molecule has 2 atom stereocenters. The van der Waals surface area contributed by atoms with Crippen LogP contribution in [-0.4, -0.2) is 16.6 Å². The molecular weight excluding hydrogens is 288 g/mol. The highest BCUT2D eigenvalue weighted by molar-refractivity contribution is 7.07. The molecule has 6 heteroatoms. The maximum absolute atomic E-state index is 11.0.